The number of piperidine rings is 2. The predicted molar refractivity (Wildman–Crippen MR) is 90.0 cm³/mol. The second-order valence-electron chi connectivity index (χ2n) is 6.46. The molecule has 2 heterocycles. The van der Waals surface area contributed by atoms with Gasteiger partial charge < -0.3 is 10.2 Å². The zero-order chi connectivity index (χ0) is 16.4. The lowest BCUT2D eigenvalue weighted by Crippen LogP contribution is -2.47. The molecule has 0 atom stereocenters. The van der Waals surface area contributed by atoms with Crippen molar-refractivity contribution in [2.75, 3.05) is 26.2 Å². The van der Waals surface area contributed by atoms with Crippen LogP contribution in [0.15, 0.2) is 18.2 Å². The molecule has 1 N–H and O–H groups in total. The maximum atomic E-state index is 13.4. The number of likely N-dealkylation sites (tertiary alicyclic amines) is 1. The molecule has 0 unspecified atom stereocenters. The Morgan fingerprint density at radius 3 is 2.42 bits per heavy atom. The molecule has 24 heavy (non-hydrogen) atoms. The Kier molecular flexibility index (Phi) is 5.77. The number of nitro benzene ring substituents is 1. The van der Waals surface area contributed by atoms with E-state index in [0.717, 1.165) is 57.0 Å². The summed E-state index contributed by atoms with van der Waals surface area (Å²) in [6.07, 6.45) is 4.03. The standard InChI is InChI=1S/C16H20FN3O3.ClH/c17-12-1-2-14(20(22)23)13(11-12)15(21)19-9-5-16(6-10-19)3-7-18-8-4-16;/h1-2,11,18H,3-10H2;1H. The number of nitrogens with zero attached hydrogens (tertiary/aromatic N) is 2. The molecule has 1 amide bonds. The SMILES string of the molecule is Cl.O=C(c1cc(F)ccc1[N+](=O)[O-])N1CCC2(CCNCC2)CC1. The van der Waals surface area contributed by atoms with E-state index in [1.165, 1.54) is 0 Å². The summed E-state index contributed by atoms with van der Waals surface area (Å²) in [7, 11) is 0. The molecule has 1 aromatic carbocycles. The molecule has 0 aromatic heterocycles. The Balaban J connectivity index is 0.00000208. The van der Waals surface area contributed by atoms with Crippen molar-refractivity contribution < 1.29 is 14.1 Å². The van der Waals surface area contributed by atoms with Crippen LogP contribution in [-0.2, 0) is 0 Å². The molecular weight excluding hydrogens is 337 g/mol. The van der Waals surface area contributed by atoms with E-state index in [1.807, 2.05) is 0 Å². The summed E-state index contributed by atoms with van der Waals surface area (Å²) in [5.74, 6) is -1.08. The first kappa shape index (κ1) is 18.6. The molecule has 8 heteroatoms. The molecule has 2 saturated heterocycles. The quantitative estimate of drug-likeness (QED) is 0.652. The minimum Gasteiger partial charge on any atom is -0.338 e. The van der Waals surface area contributed by atoms with Gasteiger partial charge in [0.25, 0.3) is 11.6 Å². The summed E-state index contributed by atoms with van der Waals surface area (Å²) in [6.45, 7) is 3.16. The van der Waals surface area contributed by atoms with E-state index in [4.69, 9.17) is 0 Å². The van der Waals surface area contributed by atoms with Gasteiger partial charge in [-0.2, -0.15) is 0 Å². The van der Waals surface area contributed by atoms with Gasteiger partial charge in [-0.1, -0.05) is 0 Å². The van der Waals surface area contributed by atoms with Crippen molar-refractivity contribution in [3.05, 3.63) is 39.7 Å². The smallest absolute Gasteiger partial charge is 0.282 e. The van der Waals surface area contributed by atoms with E-state index in [2.05, 4.69) is 5.32 Å². The highest BCUT2D eigenvalue weighted by Gasteiger charge is 2.37. The highest BCUT2D eigenvalue weighted by molar-refractivity contribution is 5.98. The largest absolute Gasteiger partial charge is 0.338 e. The number of rotatable bonds is 2. The van der Waals surface area contributed by atoms with E-state index in [9.17, 15) is 19.3 Å². The maximum Gasteiger partial charge on any atom is 0.282 e. The molecule has 2 aliphatic heterocycles. The van der Waals surface area contributed by atoms with Crippen LogP contribution >= 0.6 is 12.4 Å². The Morgan fingerprint density at radius 1 is 1.21 bits per heavy atom. The third kappa shape index (κ3) is 3.67. The Morgan fingerprint density at radius 2 is 1.83 bits per heavy atom. The zero-order valence-corrected chi connectivity index (χ0v) is 14.1. The number of halogens is 2. The summed E-state index contributed by atoms with van der Waals surface area (Å²) in [6, 6.07) is 3.03. The second kappa shape index (κ2) is 7.44. The molecule has 3 rings (SSSR count). The lowest BCUT2D eigenvalue weighted by molar-refractivity contribution is -0.385. The minimum atomic E-state index is -0.634. The number of hydrogen-bond donors (Lipinski definition) is 1. The average molecular weight is 358 g/mol. The lowest BCUT2D eigenvalue weighted by atomic mass is 9.71. The molecule has 1 aromatic rings. The van der Waals surface area contributed by atoms with Gasteiger partial charge in [-0.05, 0) is 56.3 Å². The summed E-state index contributed by atoms with van der Waals surface area (Å²) < 4.78 is 13.4. The second-order valence-corrected chi connectivity index (χ2v) is 6.46. The van der Waals surface area contributed by atoms with Crippen molar-refractivity contribution in [2.45, 2.75) is 25.7 Å². The third-order valence-electron chi connectivity index (χ3n) is 5.16. The first-order valence-electron chi connectivity index (χ1n) is 7.95. The van der Waals surface area contributed by atoms with Gasteiger partial charge in [-0.25, -0.2) is 4.39 Å². The summed E-state index contributed by atoms with van der Waals surface area (Å²) in [4.78, 5) is 24.6. The normalized spacial score (nSPS) is 19.6. The number of nitrogens with one attached hydrogen (secondary N) is 1. The van der Waals surface area contributed by atoms with E-state index in [-0.39, 0.29) is 29.1 Å². The molecule has 132 valence electrons. The van der Waals surface area contributed by atoms with Crippen LogP contribution in [0.5, 0.6) is 0 Å². The molecule has 1 spiro atoms. The van der Waals surface area contributed by atoms with Gasteiger partial charge in [0.2, 0.25) is 0 Å². The topological polar surface area (TPSA) is 75.5 Å². The highest BCUT2D eigenvalue weighted by atomic mass is 35.5. The average Bonchev–Trinajstić information content (AvgIpc) is 2.55. The fourth-order valence-corrected chi connectivity index (χ4v) is 3.65. The zero-order valence-electron chi connectivity index (χ0n) is 13.3. The van der Waals surface area contributed by atoms with Crippen LogP contribution in [0.4, 0.5) is 10.1 Å². The number of nitro groups is 1. The first-order valence-corrected chi connectivity index (χ1v) is 7.95. The first-order chi connectivity index (χ1) is 11.0. The molecule has 0 saturated carbocycles. The highest BCUT2D eigenvalue weighted by Crippen LogP contribution is 2.40. The predicted octanol–water partition coefficient (Wildman–Crippen LogP) is 2.76. The van der Waals surface area contributed by atoms with Gasteiger partial charge in [-0.15, -0.1) is 12.4 Å². The fourth-order valence-electron chi connectivity index (χ4n) is 3.65. The van der Waals surface area contributed by atoms with Crippen molar-refractivity contribution in [3.8, 4) is 0 Å². The van der Waals surface area contributed by atoms with Crippen molar-refractivity contribution in [1.29, 1.82) is 0 Å². The van der Waals surface area contributed by atoms with E-state index >= 15 is 0 Å². The number of amides is 1. The van der Waals surface area contributed by atoms with Gasteiger partial charge in [0.05, 0.1) is 4.92 Å². The Hall–Kier alpha value is -1.73. The minimum absolute atomic E-state index is 0. The van der Waals surface area contributed by atoms with Gasteiger partial charge in [0.1, 0.15) is 11.4 Å². The lowest BCUT2D eigenvalue weighted by Gasteiger charge is -2.44. The number of hydrogen-bond acceptors (Lipinski definition) is 4. The summed E-state index contributed by atoms with van der Waals surface area (Å²) in [5.41, 5.74) is -0.203. The van der Waals surface area contributed by atoms with Gasteiger partial charge in [0, 0.05) is 19.2 Å². The van der Waals surface area contributed by atoms with E-state index < -0.39 is 16.6 Å². The van der Waals surface area contributed by atoms with E-state index in [1.54, 1.807) is 4.90 Å². The number of carbonyl (C=O) groups is 1. The molecule has 6 nitrogen and oxygen atoms in total. The number of benzene rings is 1. The fraction of sp³-hybridized carbons (Fsp3) is 0.562. The van der Waals surface area contributed by atoms with Gasteiger partial charge in [0.15, 0.2) is 0 Å². The molecule has 2 aliphatic rings. The van der Waals surface area contributed by atoms with Crippen molar-refractivity contribution in [1.82, 2.24) is 10.2 Å². The Labute approximate surface area is 146 Å². The molecule has 0 bridgehead atoms. The molecule has 0 aliphatic carbocycles. The van der Waals surface area contributed by atoms with Gasteiger partial charge >= 0.3 is 0 Å². The summed E-state index contributed by atoms with van der Waals surface area (Å²) >= 11 is 0. The number of carbonyl (C=O) groups excluding carboxylic acids is 1. The summed E-state index contributed by atoms with van der Waals surface area (Å²) in [5, 5.41) is 14.4. The molecule has 2 fully saturated rings. The molecule has 0 radical (unpaired) electrons. The van der Waals surface area contributed by atoms with E-state index in [0.29, 0.717) is 13.1 Å². The van der Waals surface area contributed by atoms with Crippen molar-refractivity contribution in [3.63, 3.8) is 0 Å². The molecular formula is C16H21ClFN3O3. The monoisotopic (exact) mass is 357 g/mol. The van der Waals surface area contributed by atoms with Crippen molar-refractivity contribution >= 4 is 24.0 Å². The third-order valence-corrected chi connectivity index (χ3v) is 5.16. The van der Waals surface area contributed by atoms with Crippen molar-refractivity contribution in [2.24, 2.45) is 5.41 Å². The van der Waals surface area contributed by atoms with Crippen LogP contribution in [-0.4, -0.2) is 41.9 Å². The van der Waals surface area contributed by atoms with Gasteiger partial charge in [-0.3, -0.25) is 14.9 Å². The Bertz CT molecular complexity index is 625. The van der Waals surface area contributed by atoms with Crippen LogP contribution in [0.25, 0.3) is 0 Å². The van der Waals surface area contributed by atoms with Crippen LogP contribution in [0, 0.1) is 21.3 Å². The van der Waals surface area contributed by atoms with Crippen LogP contribution in [0.1, 0.15) is 36.0 Å². The van der Waals surface area contributed by atoms with Crippen LogP contribution < -0.4 is 5.32 Å². The maximum absolute atomic E-state index is 13.4. The van der Waals surface area contributed by atoms with Crippen LogP contribution in [0.2, 0.25) is 0 Å². The van der Waals surface area contributed by atoms with Crippen LogP contribution in [0.3, 0.4) is 0 Å².